The van der Waals surface area contributed by atoms with E-state index in [1.54, 1.807) is 6.92 Å². The molecule has 2 aromatic rings. The summed E-state index contributed by atoms with van der Waals surface area (Å²) in [6.45, 7) is 1.79. The maximum atomic E-state index is 13.2. The Bertz CT molecular complexity index is 571. The van der Waals surface area contributed by atoms with Crippen LogP contribution in [0.2, 0.25) is 0 Å². The Morgan fingerprint density at radius 3 is 3.00 bits per heavy atom. The minimum absolute atomic E-state index is 0.0639. The minimum Gasteiger partial charge on any atom is -0.324 e. The topological polar surface area (TPSA) is 59.8 Å². The number of amides is 1. The SMILES string of the molecule is Cc1cc(F)c(Br)cc1NC(=O)Cn1cncn1. The van der Waals surface area contributed by atoms with E-state index >= 15 is 0 Å². The molecule has 0 fully saturated rings. The summed E-state index contributed by atoms with van der Waals surface area (Å²) in [5.41, 5.74) is 1.22. The Hall–Kier alpha value is -1.76. The molecule has 0 saturated carbocycles. The first kappa shape index (κ1) is 12.7. The number of nitrogens with one attached hydrogen (secondary N) is 1. The van der Waals surface area contributed by atoms with E-state index < -0.39 is 0 Å². The molecule has 0 unspecified atom stereocenters. The maximum absolute atomic E-state index is 13.2. The molecule has 5 nitrogen and oxygen atoms in total. The van der Waals surface area contributed by atoms with Crippen LogP contribution < -0.4 is 5.32 Å². The Kier molecular flexibility index (Phi) is 3.71. The molecule has 1 heterocycles. The van der Waals surface area contributed by atoms with Gasteiger partial charge in [0.25, 0.3) is 0 Å². The summed E-state index contributed by atoms with van der Waals surface area (Å²) in [5.74, 6) is -0.608. The lowest BCUT2D eigenvalue weighted by atomic mass is 10.2. The predicted molar refractivity (Wildman–Crippen MR) is 67.5 cm³/mol. The van der Waals surface area contributed by atoms with Crippen molar-refractivity contribution in [3.8, 4) is 0 Å². The average Bonchev–Trinajstić information content (AvgIpc) is 2.78. The van der Waals surface area contributed by atoms with Crippen molar-refractivity contribution in [2.75, 3.05) is 5.32 Å². The summed E-state index contributed by atoms with van der Waals surface area (Å²) in [5, 5.41) is 6.52. The van der Waals surface area contributed by atoms with Gasteiger partial charge < -0.3 is 5.32 Å². The third kappa shape index (κ3) is 2.92. The fourth-order valence-electron chi connectivity index (χ4n) is 1.43. The van der Waals surface area contributed by atoms with Crippen molar-refractivity contribution < 1.29 is 9.18 Å². The molecular weight excluding hydrogens is 303 g/mol. The van der Waals surface area contributed by atoms with Gasteiger partial charge in [0.15, 0.2) is 0 Å². The molecule has 1 aromatic carbocycles. The van der Waals surface area contributed by atoms with Gasteiger partial charge in [0.1, 0.15) is 25.0 Å². The van der Waals surface area contributed by atoms with Gasteiger partial charge >= 0.3 is 0 Å². The van der Waals surface area contributed by atoms with Gasteiger partial charge in [0.05, 0.1) is 4.47 Å². The van der Waals surface area contributed by atoms with Gasteiger partial charge in [-0.05, 0) is 40.5 Å². The molecule has 0 spiro atoms. The van der Waals surface area contributed by atoms with E-state index in [0.717, 1.165) is 0 Å². The number of hydrogen-bond donors (Lipinski definition) is 1. The first-order valence-electron chi connectivity index (χ1n) is 5.14. The van der Waals surface area contributed by atoms with Crippen LogP contribution in [0.3, 0.4) is 0 Å². The van der Waals surface area contributed by atoms with Gasteiger partial charge in [-0.1, -0.05) is 0 Å². The predicted octanol–water partition coefficient (Wildman–Crippen LogP) is 2.13. The number of rotatable bonds is 3. The third-order valence-electron chi connectivity index (χ3n) is 2.31. The molecule has 0 radical (unpaired) electrons. The average molecular weight is 313 g/mol. The highest BCUT2D eigenvalue weighted by atomic mass is 79.9. The van der Waals surface area contributed by atoms with Crippen molar-refractivity contribution in [1.29, 1.82) is 0 Å². The van der Waals surface area contributed by atoms with Gasteiger partial charge in [-0.25, -0.2) is 14.1 Å². The summed E-state index contributed by atoms with van der Waals surface area (Å²) in [6.07, 6.45) is 2.81. The van der Waals surface area contributed by atoms with E-state index in [-0.39, 0.29) is 18.3 Å². The zero-order chi connectivity index (χ0) is 13.1. The van der Waals surface area contributed by atoms with Crippen molar-refractivity contribution in [3.05, 3.63) is 40.6 Å². The van der Waals surface area contributed by atoms with Crippen LogP contribution in [0.25, 0.3) is 0 Å². The van der Waals surface area contributed by atoms with Crippen LogP contribution in [-0.2, 0) is 11.3 Å². The van der Waals surface area contributed by atoms with Crippen LogP contribution in [0.5, 0.6) is 0 Å². The molecule has 1 amide bonds. The molecule has 94 valence electrons. The Morgan fingerprint density at radius 1 is 1.56 bits per heavy atom. The van der Waals surface area contributed by atoms with E-state index in [0.29, 0.717) is 15.7 Å². The van der Waals surface area contributed by atoms with Gasteiger partial charge in [0.2, 0.25) is 5.91 Å². The second-order valence-electron chi connectivity index (χ2n) is 3.72. The molecule has 1 N–H and O–H groups in total. The lowest BCUT2D eigenvalue weighted by Gasteiger charge is -2.09. The summed E-state index contributed by atoms with van der Waals surface area (Å²) in [7, 11) is 0. The summed E-state index contributed by atoms with van der Waals surface area (Å²) >= 11 is 3.08. The number of carbonyl (C=O) groups excluding carboxylic acids is 1. The standard InChI is InChI=1S/C11H10BrFN4O/c1-7-2-9(13)8(12)3-10(7)16-11(18)4-17-6-14-5-15-17/h2-3,5-6H,4H2,1H3,(H,16,18). The largest absolute Gasteiger partial charge is 0.324 e. The zero-order valence-corrected chi connectivity index (χ0v) is 11.1. The monoisotopic (exact) mass is 312 g/mol. The number of anilines is 1. The van der Waals surface area contributed by atoms with E-state index in [9.17, 15) is 9.18 Å². The Labute approximate surface area is 111 Å². The molecule has 0 atom stereocenters. The maximum Gasteiger partial charge on any atom is 0.246 e. The molecule has 0 aliphatic carbocycles. The van der Waals surface area contributed by atoms with Crippen molar-refractivity contribution in [3.63, 3.8) is 0 Å². The van der Waals surface area contributed by atoms with Crippen LogP contribution in [0.15, 0.2) is 29.3 Å². The molecule has 18 heavy (non-hydrogen) atoms. The lowest BCUT2D eigenvalue weighted by Crippen LogP contribution is -2.19. The zero-order valence-electron chi connectivity index (χ0n) is 9.52. The van der Waals surface area contributed by atoms with Crippen LogP contribution in [-0.4, -0.2) is 20.7 Å². The smallest absolute Gasteiger partial charge is 0.246 e. The molecular formula is C11H10BrFN4O. The Balaban J connectivity index is 2.09. The van der Waals surface area contributed by atoms with Crippen LogP contribution >= 0.6 is 15.9 Å². The number of aryl methyl sites for hydroxylation is 1. The molecule has 2 rings (SSSR count). The van der Waals surface area contributed by atoms with Crippen molar-refractivity contribution >= 4 is 27.5 Å². The molecule has 7 heteroatoms. The number of benzene rings is 1. The number of nitrogens with zero attached hydrogens (tertiary/aromatic N) is 3. The van der Waals surface area contributed by atoms with Gasteiger partial charge in [-0.15, -0.1) is 0 Å². The van der Waals surface area contributed by atoms with Crippen molar-refractivity contribution in [2.45, 2.75) is 13.5 Å². The van der Waals surface area contributed by atoms with E-state index in [2.05, 4.69) is 31.3 Å². The molecule has 0 bridgehead atoms. The van der Waals surface area contributed by atoms with E-state index in [4.69, 9.17) is 0 Å². The van der Waals surface area contributed by atoms with E-state index in [1.807, 2.05) is 0 Å². The molecule has 0 saturated heterocycles. The number of halogens is 2. The molecule has 0 aliphatic heterocycles. The van der Waals surface area contributed by atoms with Crippen molar-refractivity contribution in [2.24, 2.45) is 0 Å². The van der Waals surface area contributed by atoms with Gasteiger partial charge in [-0.3, -0.25) is 4.79 Å². The first-order chi connectivity index (χ1) is 8.56. The number of carbonyl (C=O) groups is 1. The van der Waals surface area contributed by atoms with Crippen LogP contribution in [0.1, 0.15) is 5.56 Å². The fourth-order valence-corrected chi connectivity index (χ4v) is 1.78. The second kappa shape index (κ2) is 5.26. The Morgan fingerprint density at radius 2 is 2.33 bits per heavy atom. The first-order valence-corrected chi connectivity index (χ1v) is 5.93. The van der Waals surface area contributed by atoms with Crippen LogP contribution in [0, 0.1) is 12.7 Å². The third-order valence-corrected chi connectivity index (χ3v) is 2.92. The summed E-state index contributed by atoms with van der Waals surface area (Å²) in [4.78, 5) is 15.5. The van der Waals surface area contributed by atoms with Gasteiger partial charge in [0, 0.05) is 5.69 Å². The molecule has 1 aromatic heterocycles. The summed E-state index contributed by atoms with van der Waals surface area (Å²) < 4.78 is 14.9. The second-order valence-corrected chi connectivity index (χ2v) is 4.58. The number of aromatic nitrogens is 3. The van der Waals surface area contributed by atoms with Crippen LogP contribution in [0.4, 0.5) is 10.1 Å². The highest BCUT2D eigenvalue weighted by molar-refractivity contribution is 9.10. The normalized spacial score (nSPS) is 10.4. The number of hydrogen-bond acceptors (Lipinski definition) is 3. The molecule has 0 aliphatic rings. The van der Waals surface area contributed by atoms with E-state index in [1.165, 1.54) is 29.5 Å². The summed E-state index contributed by atoms with van der Waals surface area (Å²) in [6, 6.07) is 2.89. The van der Waals surface area contributed by atoms with Crippen molar-refractivity contribution in [1.82, 2.24) is 14.8 Å². The fraction of sp³-hybridized carbons (Fsp3) is 0.182. The van der Waals surface area contributed by atoms with Gasteiger partial charge in [-0.2, -0.15) is 5.10 Å². The quantitative estimate of drug-likeness (QED) is 0.944. The highest BCUT2D eigenvalue weighted by Gasteiger charge is 2.09. The highest BCUT2D eigenvalue weighted by Crippen LogP contribution is 2.24. The lowest BCUT2D eigenvalue weighted by molar-refractivity contribution is -0.116. The minimum atomic E-state index is -0.359.